The molecule has 0 amide bonds. The SMILES string of the molecule is [2H]c1c([2H])c([2H])c(N(c2ccccc2)c2ccc3c(c2)C2(c4ccccc4-c4cc(N(c5ccccc5)c5ccc6c(c5)-c5ccccc5C6(c5ccccc5)c5ccccc5)ccc42)c2ccccc2-3)c([2H])c1[2H]. The number of hydrogen-bond donors (Lipinski definition) is 0. The van der Waals surface area contributed by atoms with E-state index in [2.05, 4.69) is 217 Å². The molecule has 3 aliphatic carbocycles. The summed E-state index contributed by atoms with van der Waals surface area (Å²) in [5.74, 6) is 0. The van der Waals surface area contributed by atoms with Gasteiger partial charge >= 0.3 is 0 Å². The fraction of sp³-hybridized carbons (Fsp3) is 0.0294. The van der Waals surface area contributed by atoms with Crippen LogP contribution in [-0.4, -0.2) is 0 Å². The number of hydrogen-bond acceptors (Lipinski definition) is 2. The summed E-state index contributed by atoms with van der Waals surface area (Å²) in [6, 6.07) is 87.0. The van der Waals surface area contributed by atoms with Gasteiger partial charge in [0.25, 0.3) is 0 Å². The highest BCUT2D eigenvalue weighted by Crippen LogP contribution is 2.64. The van der Waals surface area contributed by atoms with Crippen molar-refractivity contribution in [3.63, 3.8) is 0 Å². The van der Waals surface area contributed by atoms with E-state index in [4.69, 9.17) is 4.11 Å². The Kier molecular flexibility index (Phi) is 7.95. The Balaban J connectivity index is 0.978. The van der Waals surface area contributed by atoms with Crippen molar-refractivity contribution in [2.75, 3.05) is 9.80 Å². The zero-order chi connectivity index (χ0) is 50.6. The average Bonchev–Trinajstić information content (AvgIpc) is 4.07. The zero-order valence-corrected chi connectivity index (χ0v) is 38.1. The molecular formula is C68H46N2. The fourth-order valence-electron chi connectivity index (χ4n) is 12.3. The summed E-state index contributed by atoms with van der Waals surface area (Å²) in [4.78, 5) is 4.20. The van der Waals surface area contributed by atoms with Gasteiger partial charge in [-0.3, -0.25) is 0 Å². The van der Waals surface area contributed by atoms with E-state index < -0.39 is 16.9 Å². The molecule has 0 aromatic heterocycles. The number of anilines is 6. The van der Waals surface area contributed by atoms with Gasteiger partial charge in [-0.15, -0.1) is 0 Å². The summed E-state index contributed by atoms with van der Waals surface area (Å²) in [5, 5.41) is 0. The molecule has 0 saturated carbocycles. The number of benzene rings is 11. The molecule has 0 radical (unpaired) electrons. The van der Waals surface area contributed by atoms with E-state index in [1.807, 2.05) is 41.3 Å². The Hall–Kier alpha value is -8.98. The Bertz CT molecular complexity index is 4020. The van der Waals surface area contributed by atoms with Crippen LogP contribution in [0, 0.1) is 0 Å². The highest BCUT2D eigenvalue weighted by molar-refractivity contribution is 5.98. The third-order valence-corrected chi connectivity index (χ3v) is 15.0. The van der Waals surface area contributed by atoms with Crippen LogP contribution in [0.15, 0.2) is 279 Å². The molecule has 1 spiro atoms. The van der Waals surface area contributed by atoms with Crippen molar-refractivity contribution in [3.05, 3.63) is 323 Å². The lowest BCUT2D eigenvalue weighted by atomic mass is 9.68. The first kappa shape index (κ1) is 35.2. The molecule has 0 bridgehead atoms. The van der Waals surface area contributed by atoms with E-state index >= 15 is 0 Å². The van der Waals surface area contributed by atoms with Gasteiger partial charge in [-0.25, -0.2) is 0 Å². The van der Waals surface area contributed by atoms with Gasteiger partial charge in [0.2, 0.25) is 0 Å². The van der Waals surface area contributed by atoms with Gasteiger partial charge in [0.1, 0.15) is 0 Å². The van der Waals surface area contributed by atoms with Gasteiger partial charge in [0, 0.05) is 34.1 Å². The Morgan fingerprint density at radius 1 is 0.243 bits per heavy atom. The normalized spacial score (nSPS) is 16.0. The first-order valence-electron chi connectivity index (χ1n) is 26.4. The molecule has 70 heavy (non-hydrogen) atoms. The summed E-state index contributed by atoms with van der Waals surface area (Å²) in [6.45, 7) is 0. The molecule has 11 aromatic rings. The molecule has 11 aromatic carbocycles. The average molecular weight is 896 g/mol. The van der Waals surface area contributed by atoms with Crippen LogP contribution in [0.4, 0.5) is 34.1 Å². The van der Waals surface area contributed by atoms with Gasteiger partial charge in [-0.05, 0) is 151 Å². The maximum atomic E-state index is 9.19. The molecule has 0 saturated heterocycles. The second-order valence-electron chi connectivity index (χ2n) is 18.4. The lowest BCUT2D eigenvalue weighted by Gasteiger charge is -2.34. The van der Waals surface area contributed by atoms with Crippen LogP contribution in [0.2, 0.25) is 0 Å². The molecule has 0 fully saturated rings. The van der Waals surface area contributed by atoms with E-state index in [-0.39, 0.29) is 29.9 Å². The van der Waals surface area contributed by atoms with Crippen molar-refractivity contribution in [1.29, 1.82) is 0 Å². The number of nitrogens with zero attached hydrogens (tertiary/aromatic N) is 2. The maximum Gasteiger partial charge on any atom is 0.0726 e. The first-order chi connectivity index (χ1) is 36.8. The van der Waals surface area contributed by atoms with Crippen molar-refractivity contribution in [2.45, 2.75) is 10.8 Å². The van der Waals surface area contributed by atoms with E-state index in [0.717, 1.165) is 56.0 Å². The van der Waals surface area contributed by atoms with Crippen molar-refractivity contribution in [2.24, 2.45) is 0 Å². The minimum atomic E-state index is -0.748. The zero-order valence-electron chi connectivity index (χ0n) is 43.1. The molecular weight excluding hydrogens is 845 g/mol. The Morgan fingerprint density at radius 3 is 1.11 bits per heavy atom. The first-order valence-corrected chi connectivity index (χ1v) is 23.9. The largest absolute Gasteiger partial charge is 0.310 e. The molecule has 2 heteroatoms. The van der Waals surface area contributed by atoms with Crippen LogP contribution >= 0.6 is 0 Å². The minimum Gasteiger partial charge on any atom is -0.310 e. The Labute approximate surface area is 416 Å². The van der Waals surface area contributed by atoms with Gasteiger partial charge in [0.15, 0.2) is 0 Å². The number of para-hydroxylation sites is 3. The molecule has 0 aliphatic heterocycles. The van der Waals surface area contributed by atoms with Crippen molar-refractivity contribution >= 4 is 34.1 Å². The quantitative estimate of drug-likeness (QED) is 0.150. The molecule has 328 valence electrons. The molecule has 0 heterocycles. The third kappa shape index (κ3) is 5.68. The third-order valence-electron chi connectivity index (χ3n) is 15.0. The van der Waals surface area contributed by atoms with Gasteiger partial charge in [-0.1, -0.05) is 206 Å². The molecule has 14 rings (SSSR count). The lowest BCUT2D eigenvalue weighted by molar-refractivity contribution is 0.768. The van der Waals surface area contributed by atoms with Crippen LogP contribution in [0.25, 0.3) is 33.4 Å². The molecule has 0 N–H and O–H groups in total. The predicted molar refractivity (Wildman–Crippen MR) is 289 cm³/mol. The van der Waals surface area contributed by atoms with Crippen molar-refractivity contribution in [3.8, 4) is 33.4 Å². The Morgan fingerprint density at radius 2 is 0.600 bits per heavy atom. The minimum absolute atomic E-state index is 0.0930. The highest BCUT2D eigenvalue weighted by Gasteiger charge is 2.52. The molecule has 1 unspecified atom stereocenters. The van der Waals surface area contributed by atoms with E-state index in [9.17, 15) is 2.74 Å². The summed E-state index contributed by atoms with van der Waals surface area (Å²) >= 11 is 0. The van der Waals surface area contributed by atoms with E-state index in [1.54, 1.807) is 0 Å². The molecule has 2 nitrogen and oxygen atoms in total. The summed E-state index contributed by atoms with van der Waals surface area (Å²) in [6.07, 6.45) is 0. The smallest absolute Gasteiger partial charge is 0.0726 e. The van der Waals surface area contributed by atoms with E-state index in [1.165, 1.54) is 38.9 Å². The second-order valence-corrected chi connectivity index (χ2v) is 18.4. The monoisotopic (exact) mass is 895 g/mol. The lowest BCUT2D eigenvalue weighted by Crippen LogP contribution is -2.28. The van der Waals surface area contributed by atoms with Crippen LogP contribution in [0.3, 0.4) is 0 Å². The van der Waals surface area contributed by atoms with Gasteiger partial charge < -0.3 is 9.80 Å². The number of fused-ring (bicyclic) bond motifs is 13. The van der Waals surface area contributed by atoms with Gasteiger partial charge in [0.05, 0.1) is 17.7 Å². The standard InChI is InChI=1S/C68H46N2/c1-6-22-47(23-7-1)67(48-24-8-2-9-25-48)61-35-19-17-33-56(61)59-44-52(39-42-64(59)67)70(51-30-14-5-15-31-51)53-40-43-65-60(45-53)57-34-18-21-37-63(57)68(65)62-36-20-16-32-55(62)58-41-38-54(46-66(58)68)69(49-26-10-3-11-27-49)50-28-12-4-13-29-50/h1-46H/i3D,10D,11D,26D,27D. The molecule has 3 aliphatic rings. The van der Waals surface area contributed by atoms with Crippen LogP contribution in [0.1, 0.15) is 51.4 Å². The second kappa shape index (κ2) is 15.8. The van der Waals surface area contributed by atoms with Crippen molar-refractivity contribution < 1.29 is 6.85 Å². The van der Waals surface area contributed by atoms with Gasteiger partial charge in [-0.2, -0.15) is 0 Å². The topological polar surface area (TPSA) is 6.48 Å². The van der Waals surface area contributed by atoms with Crippen LogP contribution in [-0.2, 0) is 10.8 Å². The number of rotatable bonds is 8. The fourth-order valence-corrected chi connectivity index (χ4v) is 12.3. The highest BCUT2D eigenvalue weighted by atomic mass is 15.1. The van der Waals surface area contributed by atoms with Crippen molar-refractivity contribution in [1.82, 2.24) is 0 Å². The summed E-state index contributed by atoms with van der Waals surface area (Å²) < 4.78 is 44.3. The van der Waals surface area contributed by atoms with E-state index in [0.29, 0.717) is 11.4 Å². The maximum absolute atomic E-state index is 9.19. The van der Waals surface area contributed by atoms with Crippen LogP contribution in [0.5, 0.6) is 0 Å². The summed E-state index contributed by atoms with van der Waals surface area (Å²) in [5.41, 5.74) is 19.7. The molecule has 1 atom stereocenters. The summed E-state index contributed by atoms with van der Waals surface area (Å²) in [7, 11) is 0. The predicted octanol–water partition coefficient (Wildman–Crippen LogP) is 17.3. The van der Waals surface area contributed by atoms with Crippen LogP contribution < -0.4 is 9.80 Å².